The van der Waals surface area contributed by atoms with Crippen molar-refractivity contribution in [3.05, 3.63) is 33.7 Å². The fraction of sp³-hybridized carbons (Fsp3) is 0.667. The van der Waals surface area contributed by atoms with E-state index in [9.17, 15) is 14.7 Å². The first kappa shape index (κ1) is 21.4. The molecule has 1 rings (SSSR count). The molecule has 23 heavy (non-hydrogen) atoms. The molecule has 0 fully saturated rings. The molecule has 1 N–H and O–H groups in total. The summed E-state index contributed by atoms with van der Waals surface area (Å²) >= 11 is 0. The van der Waals surface area contributed by atoms with Gasteiger partial charge in [0.2, 0.25) is 0 Å². The van der Waals surface area contributed by atoms with Crippen molar-refractivity contribution in [1.29, 1.82) is 0 Å². The van der Waals surface area contributed by atoms with Crippen molar-refractivity contribution in [2.24, 2.45) is 5.92 Å². The number of aromatic nitrogens is 1. The van der Waals surface area contributed by atoms with Crippen LogP contribution in [0.5, 0.6) is 0 Å². The van der Waals surface area contributed by atoms with Crippen LogP contribution in [0.4, 0.5) is 0 Å². The van der Waals surface area contributed by atoms with E-state index in [1.54, 1.807) is 12.3 Å². The highest BCUT2D eigenvalue weighted by Crippen LogP contribution is 2.18. The van der Waals surface area contributed by atoms with E-state index in [1.165, 1.54) is 4.57 Å². The molecule has 5 heteroatoms. The van der Waals surface area contributed by atoms with Crippen molar-refractivity contribution in [2.75, 3.05) is 20.6 Å². The molecule has 0 aromatic carbocycles. The Hall–Kier alpha value is -1.62. The quantitative estimate of drug-likeness (QED) is 0.837. The molecule has 1 aromatic rings. The van der Waals surface area contributed by atoms with E-state index in [-0.39, 0.29) is 11.5 Å². The van der Waals surface area contributed by atoms with Gasteiger partial charge < -0.3 is 14.6 Å². The number of hydrogen-bond donors (Lipinski definition) is 1. The van der Waals surface area contributed by atoms with Crippen LogP contribution in [0.2, 0.25) is 0 Å². The maximum Gasteiger partial charge on any atom is 0.326 e. The van der Waals surface area contributed by atoms with E-state index in [1.807, 2.05) is 48.7 Å². The molecule has 1 atom stereocenters. The molecular weight excluding hydrogens is 292 g/mol. The Kier molecular flexibility index (Phi) is 9.49. The van der Waals surface area contributed by atoms with Gasteiger partial charge in [0.05, 0.1) is 0 Å². The van der Waals surface area contributed by atoms with Crippen LogP contribution in [0.25, 0.3) is 0 Å². The lowest BCUT2D eigenvalue weighted by Gasteiger charge is -2.20. The molecule has 0 amide bonds. The second-order valence-electron chi connectivity index (χ2n) is 6.26. The Morgan fingerprint density at radius 1 is 1.30 bits per heavy atom. The van der Waals surface area contributed by atoms with Gasteiger partial charge in [-0.15, -0.1) is 0 Å². The van der Waals surface area contributed by atoms with E-state index in [2.05, 4.69) is 4.90 Å². The van der Waals surface area contributed by atoms with Gasteiger partial charge >= 0.3 is 5.97 Å². The molecule has 0 aliphatic rings. The first-order valence-electron chi connectivity index (χ1n) is 8.31. The minimum atomic E-state index is -0.951. The number of nitrogens with zero attached hydrogens (tertiary/aromatic N) is 2. The van der Waals surface area contributed by atoms with E-state index >= 15 is 0 Å². The Balaban J connectivity index is 0.00000232. The van der Waals surface area contributed by atoms with E-state index in [4.69, 9.17) is 0 Å². The summed E-state index contributed by atoms with van der Waals surface area (Å²) < 4.78 is 1.38. The highest BCUT2D eigenvalue weighted by Gasteiger charge is 2.22. The number of likely N-dealkylation sites (N-methyl/N-ethyl adjacent to an activating group) is 1. The lowest BCUT2D eigenvalue weighted by atomic mass is 10.0. The van der Waals surface area contributed by atoms with Gasteiger partial charge in [0.1, 0.15) is 6.04 Å². The monoisotopic (exact) mass is 324 g/mol. The summed E-state index contributed by atoms with van der Waals surface area (Å²) in [5, 5.41) is 9.41. The molecule has 0 saturated heterocycles. The standard InChI is InChI=1S/C16H26N2O3.C2H6/c1-11(2)8-14(16(20)21)18-10-13(6-7-17(4)5)12(3)9-15(18)19;1-2/h9-11,14H,6-8H2,1-5H3,(H,20,21);1-2H3. The summed E-state index contributed by atoms with van der Waals surface area (Å²) in [6.07, 6.45) is 2.97. The van der Waals surface area contributed by atoms with Crippen LogP contribution in [-0.4, -0.2) is 41.2 Å². The summed E-state index contributed by atoms with van der Waals surface area (Å²) in [6.45, 7) is 10.7. The molecule has 132 valence electrons. The third kappa shape index (κ3) is 6.99. The van der Waals surface area contributed by atoms with Crippen LogP contribution in [0.3, 0.4) is 0 Å². The van der Waals surface area contributed by atoms with E-state index < -0.39 is 12.0 Å². The second kappa shape index (κ2) is 10.2. The molecule has 0 aliphatic carbocycles. The summed E-state index contributed by atoms with van der Waals surface area (Å²) in [4.78, 5) is 25.7. The maximum absolute atomic E-state index is 12.1. The minimum Gasteiger partial charge on any atom is -0.480 e. The zero-order chi connectivity index (χ0) is 18.2. The van der Waals surface area contributed by atoms with Gasteiger partial charge in [-0.05, 0) is 50.9 Å². The van der Waals surface area contributed by atoms with Crippen molar-refractivity contribution in [2.45, 2.75) is 53.5 Å². The van der Waals surface area contributed by atoms with Gasteiger partial charge in [-0.1, -0.05) is 27.7 Å². The molecule has 1 unspecified atom stereocenters. The number of aryl methyl sites for hydroxylation is 1. The summed E-state index contributed by atoms with van der Waals surface area (Å²) in [6, 6.07) is 0.748. The van der Waals surface area contributed by atoms with Gasteiger partial charge in [0.15, 0.2) is 0 Å². The third-order valence-corrected chi connectivity index (χ3v) is 3.54. The van der Waals surface area contributed by atoms with Crippen LogP contribution in [0, 0.1) is 12.8 Å². The average Bonchev–Trinajstić information content (AvgIpc) is 2.46. The number of hydrogen-bond acceptors (Lipinski definition) is 3. The van der Waals surface area contributed by atoms with Gasteiger partial charge in [0, 0.05) is 18.8 Å². The number of rotatable bonds is 7. The normalized spacial score (nSPS) is 12.0. The lowest BCUT2D eigenvalue weighted by Crippen LogP contribution is -2.31. The van der Waals surface area contributed by atoms with Crippen LogP contribution in [0.1, 0.15) is 51.3 Å². The Bertz CT molecular complexity index is 548. The zero-order valence-corrected chi connectivity index (χ0v) is 15.6. The van der Waals surface area contributed by atoms with E-state index in [0.717, 1.165) is 24.1 Å². The molecule has 0 bridgehead atoms. The SMILES string of the molecule is CC.Cc1cc(=O)n(C(CC(C)C)C(=O)O)cc1CCN(C)C. The minimum absolute atomic E-state index is 0.213. The van der Waals surface area contributed by atoms with Crippen molar-refractivity contribution in [1.82, 2.24) is 9.47 Å². The fourth-order valence-corrected chi connectivity index (χ4v) is 2.31. The Morgan fingerprint density at radius 2 is 1.87 bits per heavy atom. The predicted octanol–water partition coefficient (Wildman–Crippen LogP) is 2.96. The van der Waals surface area contributed by atoms with Crippen molar-refractivity contribution < 1.29 is 9.90 Å². The summed E-state index contributed by atoms with van der Waals surface area (Å²) in [5.41, 5.74) is 1.71. The van der Waals surface area contributed by atoms with Crippen molar-refractivity contribution in [3.63, 3.8) is 0 Å². The lowest BCUT2D eigenvalue weighted by molar-refractivity contribution is -0.141. The van der Waals surface area contributed by atoms with Crippen LogP contribution < -0.4 is 5.56 Å². The fourth-order valence-electron chi connectivity index (χ4n) is 2.31. The largest absolute Gasteiger partial charge is 0.480 e. The van der Waals surface area contributed by atoms with Gasteiger partial charge in [0.25, 0.3) is 5.56 Å². The van der Waals surface area contributed by atoms with Crippen LogP contribution >= 0.6 is 0 Å². The van der Waals surface area contributed by atoms with E-state index in [0.29, 0.717) is 6.42 Å². The molecule has 0 radical (unpaired) electrons. The predicted molar refractivity (Wildman–Crippen MR) is 95.2 cm³/mol. The molecule has 0 aliphatic heterocycles. The highest BCUT2D eigenvalue weighted by atomic mass is 16.4. The third-order valence-electron chi connectivity index (χ3n) is 3.54. The zero-order valence-electron chi connectivity index (χ0n) is 15.6. The molecule has 0 saturated carbocycles. The first-order valence-corrected chi connectivity index (χ1v) is 8.31. The highest BCUT2D eigenvalue weighted by molar-refractivity contribution is 5.71. The molecule has 0 spiro atoms. The van der Waals surface area contributed by atoms with Crippen LogP contribution in [0.15, 0.2) is 17.1 Å². The number of aliphatic carboxylic acids is 1. The number of carbonyl (C=O) groups is 1. The Labute approximate surface area is 139 Å². The van der Waals surface area contributed by atoms with Crippen LogP contribution in [-0.2, 0) is 11.2 Å². The van der Waals surface area contributed by atoms with Crippen molar-refractivity contribution in [3.8, 4) is 0 Å². The number of carboxylic acid groups (broad SMARTS) is 1. The number of carboxylic acids is 1. The summed E-state index contributed by atoms with van der Waals surface area (Å²) in [7, 11) is 3.98. The maximum atomic E-state index is 12.1. The first-order chi connectivity index (χ1) is 10.7. The second-order valence-corrected chi connectivity index (χ2v) is 6.26. The molecule has 1 heterocycles. The molecule has 1 aromatic heterocycles. The number of pyridine rings is 1. The average molecular weight is 324 g/mol. The molecular formula is C18H32N2O3. The van der Waals surface area contributed by atoms with Gasteiger partial charge in [-0.3, -0.25) is 4.79 Å². The topological polar surface area (TPSA) is 62.5 Å². The van der Waals surface area contributed by atoms with Gasteiger partial charge in [-0.25, -0.2) is 4.79 Å². The summed E-state index contributed by atoms with van der Waals surface area (Å²) in [5.74, 6) is -0.738. The van der Waals surface area contributed by atoms with Crippen molar-refractivity contribution >= 4 is 5.97 Å². The van der Waals surface area contributed by atoms with Gasteiger partial charge in [-0.2, -0.15) is 0 Å². The molecule has 5 nitrogen and oxygen atoms in total. The Morgan fingerprint density at radius 3 is 2.30 bits per heavy atom. The smallest absolute Gasteiger partial charge is 0.326 e.